The first-order valence-corrected chi connectivity index (χ1v) is 21.9. The lowest BCUT2D eigenvalue weighted by atomic mass is 9.86. The molecule has 0 bridgehead atoms. The molecule has 0 aliphatic heterocycles. The molecular weight excluding hydrogens is 788 g/mol. The van der Waals surface area contributed by atoms with E-state index in [9.17, 15) is 21.6 Å². The SMILES string of the molecule is O=C(c1cccnc1-c1ccc2c(c1)CCC(NS(=O)(=O)c1ccc(Cl)cc1)C2)c1cccnc1-c1ccc2c(c1)CCC(NS(=O)(=O)c1ccc(Cl)cc1)C2. The minimum atomic E-state index is -3.71. The lowest BCUT2D eigenvalue weighted by Gasteiger charge is -2.26. The Balaban J connectivity index is 1.00. The summed E-state index contributed by atoms with van der Waals surface area (Å²) in [6.45, 7) is 0. The van der Waals surface area contributed by atoms with Crippen LogP contribution < -0.4 is 9.44 Å². The number of hydrogen-bond donors (Lipinski definition) is 2. The van der Waals surface area contributed by atoms with Crippen molar-refractivity contribution < 1.29 is 21.6 Å². The van der Waals surface area contributed by atoms with Gasteiger partial charge in [-0.3, -0.25) is 14.8 Å². The Morgan fingerprint density at radius 2 is 0.964 bits per heavy atom. The zero-order valence-corrected chi connectivity index (χ0v) is 33.1. The van der Waals surface area contributed by atoms with Crippen LogP contribution in [0.2, 0.25) is 10.0 Å². The first-order chi connectivity index (χ1) is 26.9. The second-order valence-electron chi connectivity index (χ2n) is 14.1. The number of rotatable bonds is 10. The average molecular weight is 824 g/mol. The van der Waals surface area contributed by atoms with Gasteiger partial charge in [0.2, 0.25) is 20.0 Å². The molecule has 0 radical (unpaired) electrons. The van der Waals surface area contributed by atoms with Crippen LogP contribution in [0.3, 0.4) is 0 Å². The van der Waals surface area contributed by atoms with Gasteiger partial charge in [0.1, 0.15) is 0 Å². The third kappa shape index (κ3) is 8.06. The molecule has 8 rings (SSSR count). The number of aromatic nitrogens is 2. The third-order valence-corrected chi connectivity index (χ3v) is 14.0. The number of aryl methyl sites for hydroxylation is 2. The molecule has 13 heteroatoms. The van der Waals surface area contributed by atoms with E-state index < -0.39 is 20.0 Å². The Hall–Kier alpha value is -4.75. The van der Waals surface area contributed by atoms with Crippen molar-refractivity contribution in [1.29, 1.82) is 0 Å². The van der Waals surface area contributed by atoms with Crippen molar-refractivity contribution in [2.75, 3.05) is 0 Å². The zero-order valence-electron chi connectivity index (χ0n) is 30.0. The summed E-state index contributed by atoms with van der Waals surface area (Å²) in [6.07, 6.45) is 6.98. The van der Waals surface area contributed by atoms with Gasteiger partial charge in [-0.2, -0.15) is 0 Å². The maximum Gasteiger partial charge on any atom is 0.240 e. The van der Waals surface area contributed by atoms with Crippen LogP contribution in [0, 0.1) is 0 Å². The van der Waals surface area contributed by atoms with Gasteiger partial charge in [-0.1, -0.05) is 47.5 Å². The molecule has 0 saturated heterocycles. The standard InChI is InChI=1S/C43H36Cl2N4O5S2/c44-33-11-17-37(18-12-33)55(51,52)48-35-15-9-27-23-31(7-5-29(27)25-35)41-39(3-1-21-46-41)43(50)40-4-2-22-47-42(40)32-8-6-30-26-36(16-10-28(30)24-32)49-56(53,54)38-19-13-34(45)14-20-38/h1-8,11-14,17-24,35-36,48-49H,9-10,15-16,25-26H2. The number of fused-ring (bicyclic) bond motifs is 2. The van der Waals surface area contributed by atoms with Gasteiger partial charge in [0.25, 0.3) is 0 Å². The minimum Gasteiger partial charge on any atom is -0.288 e. The monoisotopic (exact) mass is 822 g/mol. The molecule has 2 aromatic heterocycles. The van der Waals surface area contributed by atoms with E-state index in [-0.39, 0.29) is 27.7 Å². The fraction of sp³-hybridized carbons (Fsp3) is 0.186. The Morgan fingerprint density at radius 1 is 0.554 bits per heavy atom. The van der Waals surface area contributed by atoms with Gasteiger partial charge in [0.05, 0.1) is 21.2 Å². The fourth-order valence-corrected chi connectivity index (χ4v) is 10.4. The average Bonchev–Trinajstić information content (AvgIpc) is 3.20. The first-order valence-electron chi connectivity index (χ1n) is 18.2. The maximum atomic E-state index is 14.4. The molecule has 2 aliphatic carbocycles. The maximum absolute atomic E-state index is 14.4. The summed E-state index contributed by atoms with van der Waals surface area (Å²) < 4.78 is 57.9. The van der Waals surface area contributed by atoms with Crippen LogP contribution in [0.1, 0.15) is 51.0 Å². The zero-order chi connectivity index (χ0) is 39.0. The summed E-state index contributed by atoms with van der Waals surface area (Å²) in [5, 5.41) is 0.940. The summed E-state index contributed by atoms with van der Waals surface area (Å²) in [5.41, 5.74) is 7.85. The van der Waals surface area contributed by atoms with E-state index in [0.29, 0.717) is 71.1 Å². The lowest BCUT2D eigenvalue weighted by molar-refractivity contribution is 0.103. The molecular formula is C43H36Cl2N4O5S2. The molecule has 56 heavy (non-hydrogen) atoms. The molecule has 0 fully saturated rings. The van der Waals surface area contributed by atoms with Crippen LogP contribution in [-0.4, -0.2) is 44.7 Å². The van der Waals surface area contributed by atoms with Crippen LogP contribution in [0.25, 0.3) is 22.5 Å². The van der Waals surface area contributed by atoms with Gasteiger partial charge in [0, 0.05) is 56.8 Å². The van der Waals surface area contributed by atoms with Crippen LogP contribution in [0.5, 0.6) is 0 Å². The van der Waals surface area contributed by atoms with Gasteiger partial charge < -0.3 is 0 Å². The molecule has 284 valence electrons. The van der Waals surface area contributed by atoms with Crippen LogP contribution in [-0.2, 0) is 45.7 Å². The van der Waals surface area contributed by atoms with Gasteiger partial charge in [0.15, 0.2) is 5.78 Å². The number of benzene rings is 4. The van der Waals surface area contributed by atoms with Gasteiger partial charge in [-0.05, 0) is 146 Å². The first kappa shape index (κ1) is 38.1. The number of nitrogens with zero attached hydrogens (tertiary/aromatic N) is 2. The largest absolute Gasteiger partial charge is 0.288 e. The molecule has 6 aromatic rings. The third-order valence-electron chi connectivity index (χ3n) is 10.4. The molecule has 0 spiro atoms. The number of carbonyl (C=O) groups excluding carboxylic acids is 1. The summed E-state index contributed by atoms with van der Waals surface area (Å²) >= 11 is 11.9. The van der Waals surface area contributed by atoms with Crippen molar-refractivity contribution in [2.45, 2.75) is 60.4 Å². The number of ketones is 1. The molecule has 2 atom stereocenters. The molecule has 2 heterocycles. The predicted octanol–water partition coefficient (Wildman–Crippen LogP) is 8.02. The highest BCUT2D eigenvalue weighted by molar-refractivity contribution is 7.89. The highest BCUT2D eigenvalue weighted by Crippen LogP contribution is 2.33. The normalized spacial score (nSPS) is 16.8. The number of hydrogen-bond acceptors (Lipinski definition) is 7. The molecule has 9 nitrogen and oxygen atoms in total. The van der Waals surface area contributed by atoms with E-state index >= 15 is 0 Å². The lowest BCUT2D eigenvalue weighted by Crippen LogP contribution is -2.38. The van der Waals surface area contributed by atoms with E-state index in [0.717, 1.165) is 33.4 Å². The van der Waals surface area contributed by atoms with Crippen molar-refractivity contribution >= 4 is 49.0 Å². The van der Waals surface area contributed by atoms with Crippen molar-refractivity contribution in [2.24, 2.45) is 0 Å². The van der Waals surface area contributed by atoms with Crippen molar-refractivity contribution in [3.05, 3.63) is 165 Å². The number of nitrogens with one attached hydrogen (secondary N) is 2. The molecule has 4 aromatic carbocycles. The Bertz CT molecular complexity index is 2510. The van der Waals surface area contributed by atoms with Gasteiger partial charge in [-0.15, -0.1) is 0 Å². The van der Waals surface area contributed by atoms with E-state index in [1.807, 2.05) is 24.3 Å². The topological polar surface area (TPSA) is 135 Å². The highest BCUT2D eigenvalue weighted by atomic mass is 35.5. The second-order valence-corrected chi connectivity index (χ2v) is 18.4. The quantitative estimate of drug-likeness (QED) is 0.134. The number of sulfonamides is 2. The summed E-state index contributed by atoms with van der Waals surface area (Å²) in [4.78, 5) is 24.1. The number of pyridine rings is 2. The van der Waals surface area contributed by atoms with Crippen LogP contribution >= 0.6 is 23.2 Å². The fourth-order valence-electron chi connectivity index (χ4n) is 7.59. The van der Waals surface area contributed by atoms with Crippen molar-refractivity contribution in [1.82, 2.24) is 19.4 Å². The van der Waals surface area contributed by atoms with Gasteiger partial charge in [-0.25, -0.2) is 26.3 Å². The minimum absolute atomic E-state index is 0.172. The molecule has 0 amide bonds. The van der Waals surface area contributed by atoms with E-state index in [1.165, 1.54) is 24.3 Å². The van der Waals surface area contributed by atoms with Crippen molar-refractivity contribution in [3.63, 3.8) is 0 Å². The summed E-state index contributed by atoms with van der Waals surface area (Å²) in [5.74, 6) is -0.208. The Kier molecular flexibility index (Phi) is 10.7. The smallest absolute Gasteiger partial charge is 0.240 e. The predicted molar refractivity (Wildman–Crippen MR) is 218 cm³/mol. The van der Waals surface area contributed by atoms with Crippen molar-refractivity contribution in [3.8, 4) is 22.5 Å². The van der Waals surface area contributed by atoms with E-state index in [2.05, 4.69) is 31.5 Å². The van der Waals surface area contributed by atoms with Crippen LogP contribution in [0.4, 0.5) is 0 Å². The number of halogens is 2. The van der Waals surface area contributed by atoms with Gasteiger partial charge >= 0.3 is 0 Å². The molecule has 2 aliphatic rings. The second kappa shape index (κ2) is 15.7. The van der Waals surface area contributed by atoms with E-state index in [4.69, 9.17) is 23.2 Å². The summed E-state index contributed by atoms with van der Waals surface area (Å²) in [7, 11) is -7.41. The highest BCUT2D eigenvalue weighted by Gasteiger charge is 2.28. The Morgan fingerprint density at radius 3 is 1.38 bits per heavy atom. The Labute approximate surface area is 336 Å². The molecule has 2 N–H and O–H groups in total. The summed E-state index contributed by atoms with van der Waals surface area (Å²) in [6, 6.07) is 30.7. The van der Waals surface area contributed by atoms with E-state index in [1.54, 1.807) is 60.9 Å². The molecule has 2 unspecified atom stereocenters. The molecule has 0 saturated carbocycles. The number of carbonyl (C=O) groups is 1. The van der Waals surface area contributed by atoms with Crippen LogP contribution in [0.15, 0.2) is 131 Å².